The first-order valence-electron chi connectivity index (χ1n) is 7.39. The minimum absolute atomic E-state index is 0.156. The molecule has 0 unspecified atom stereocenters. The average molecular weight is 358 g/mol. The van der Waals surface area contributed by atoms with Crippen LogP contribution in [0.25, 0.3) is 0 Å². The number of aryl methyl sites for hydroxylation is 1. The van der Waals surface area contributed by atoms with E-state index in [-0.39, 0.29) is 14.9 Å². The minimum atomic E-state index is -4.39. The van der Waals surface area contributed by atoms with Crippen LogP contribution in [0.3, 0.4) is 0 Å². The largest absolute Gasteiger partial charge is 0.352 e. The van der Waals surface area contributed by atoms with Crippen LogP contribution < -0.4 is 4.90 Å². The fourth-order valence-electron chi connectivity index (χ4n) is 2.47. The monoisotopic (exact) mass is 358 g/mol. The van der Waals surface area contributed by atoms with Gasteiger partial charge in [-0.1, -0.05) is 35.9 Å². The molecule has 1 fully saturated rings. The highest BCUT2D eigenvalue weighted by Gasteiger charge is 2.45. The molecule has 7 nitrogen and oxygen atoms in total. The summed E-state index contributed by atoms with van der Waals surface area (Å²) in [4.78, 5) is 37.5. The van der Waals surface area contributed by atoms with Crippen molar-refractivity contribution in [2.45, 2.75) is 18.2 Å². The fourth-order valence-corrected chi connectivity index (χ4v) is 3.80. The third-order valence-corrected chi connectivity index (χ3v) is 5.43. The molecule has 3 rings (SSSR count). The van der Waals surface area contributed by atoms with E-state index in [0.29, 0.717) is 4.90 Å². The normalized spacial score (nSPS) is 15.6. The van der Waals surface area contributed by atoms with Gasteiger partial charge < -0.3 is 0 Å². The number of hydrogen-bond acceptors (Lipinski definition) is 5. The van der Waals surface area contributed by atoms with Crippen LogP contribution in [0.4, 0.5) is 10.5 Å². The highest BCUT2D eigenvalue weighted by Crippen LogP contribution is 2.26. The highest BCUT2D eigenvalue weighted by molar-refractivity contribution is 7.90. The van der Waals surface area contributed by atoms with E-state index in [1.807, 2.05) is 6.92 Å². The van der Waals surface area contributed by atoms with E-state index in [1.54, 1.807) is 18.2 Å². The molecule has 128 valence electrons. The summed E-state index contributed by atoms with van der Waals surface area (Å²) in [6.45, 7) is 1.83. The summed E-state index contributed by atoms with van der Waals surface area (Å²) in [6, 6.07) is 12.3. The van der Waals surface area contributed by atoms with E-state index in [9.17, 15) is 22.8 Å². The zero-order valence-corrected chi connectivity index (χ0v) is 14.1. The molecule has 1 saturated heterocycles. The summed E-state index contributed by atoms with van der Waals surface area (Å²) in [7, 11) is -4.39. The maximum atomic E-state index is 12.7. The van der Waals surface area contributed by atoms with Gasteiger partial charge in [0.25, 0.3) is 15.9 Å². The molecule has 8 heteroatoms. The molecule has 0 atom stereocenters. The van der Waals surface area contributed by atoms with Gasteiger partial charge in [0.2, 0.25) is 5.91 Å². The quantitative estimate of drug-likeness (QED) is 0.783. The predicted octanol–water partition coefficient (Wildman–Crippen LogP) is 2.07. The van der Waals surface area contributed by atoms with Crippen molar-refractivity contribution in [2.75, 3.05) is 4.90 Å². The molecule has 0 radical (unpaired) electrons. The number of imide groups is 2. The minimum Gasteiger partial charge on any atom is -0.273 e. The smallest absolute Gasteiger partial charge is 0.273 e. The zero-order chi connectivity index (χ0) is 18.2. The van der Waals surface area contributed by atoms with Crippen molar-refractivity contribution in [1.82, 2.24) is 4.31 Å². The van der Waals surface area contributed by atoms with Gasteiger partial charge >= 0.3 is 6.03 Å². The third-order valence-electron chi connectivity index (χ3n) is 3.72. The van der Waals surface area contributed by atoms with Gasteiger partial charge in [-0.25, -0.2) is 18.1 Å². The van der Waals surface area contributed by atoms with Crippen molar-refractivity contribution in [3.63, 3.8) is 0 Å². The summed E-state index contributed by atoms with van der Waals surface area (Å²) >= 11 is 0. The van der Waals surface area contributed by atoms with Gasteiger partial charge in [0.1, 0.15) is 6.42 Å². The number of carbonyl (C=O) groups excluding carboxylic acids is 3. The molecular weight excluding hydrogens is 344 g/mol. The molecule has 1 aliphatic rings. The lowest BCUT2D eigenvalue weighted by atomic mass is 10.2. The number of sulfonamides is 1. The Morgan fingerprint density at radius 3 is 2.04 bits per heavy atom. The molecule has 0 saturated carbocycles. The number of benzene rings is 2. The lowest BCUT2D eigenvalue weighted by Crippen LogP contribution is -2.57. The van der Waals surface area contributed by atoms with Crippen LogP contribution in [-0.2, 0) is 19.6 Å². The first-order chi connectivity index (χ1) is 11.8. The molecule has 2 aromatic rings. The number of hydrogen-bond donors (Lipinski definition) is 0. The van der Waals surface area contributed by atoms with Gasteiger partial charge in [0.15, 0.2) is 0 Å². The number of barbiturate groups is 1. The molecule has 0 N–H and O–H groups in total. The molecule has 0 aliphatic carbocycles. The molecule has 1 aliphatic heterocycles. The Morgan fingerprint density at radius 1 is 0.840 bits per heavy atom. The maximum absolute atomic E-state index is 12.7. The SMILES string of the molecule is Cc1ccc(N2C(=O)CC(=O)N(S(=O)(=O)c3ccccc3)C2=O)cc1. The first kappa shape index (κ1) is 16.8. The van der Waals surface area contributed by atoms with Gasteiger partial charge in [-0.15, -0.1) is 0 Å². The Labute approximate surface area is 144 Å². The molecule has 4 amide bonds. The highest BCUT2D eigenvalue weighted by atomic mass is 32.2. The second-order valence-corrected chi connectivity index (χ2v) is 7.29. The van der Waals surface area contributed by atoms with Crippen molar-refractivity contribution in [2.24, 2.45) is 0 Å². The van der Waals surface area contributed by atoms with Gasteiger partial charge in [-0.05, 0) is 31.2 Å². The van der Waals surface area contributed by atoms with E-state index in [1.165, 1.54) is 36.4 Å². The van der Waals surface area contributed by atoms with Crippen LogP contribution in [0.2, 0.25) is 0 Å². The molecule has 0 spiro atoms. The fraction of sp³-hybridized carbons (Fsp3) is 0.118. The van der Waals surface area contributed by atoms with Crippen LogP contribution in [0.15, 0.2) is 59.5 Å². The number of nitrogens with zero attached hydrogens (tertiary/aromatic N) is 2. The van der Waals surface area contributed by atoms with Crippen molar-refractivity contribution in [1.29, 1.82) is 0 Å². The van der Waals surface area contributed by atoms with Gasteiger partial charge in [0.05, 0.1) is 10.6 Å². The summed E-state index contributed by atoms with van der Waals surface area (Å²) in [5.74, 6) is -1.83. The zero-order valence-electron chi connectivity index (χ0n) is 13.2. The molecular formula is C17H14N2O5S. The summed E-state index contributed by atoms with van der Waals surface area (Å²) in [5.41, 5.74) is 1.12. The summed E-state index contributed by atoms with van der Waals surface area (Å²) in [5, 5.41) is 0. The molecule has 25 heavy (non-hydrogen) atoms. The predicted molar refractivity (Wildman–Crippen MR) is 89.2 cm³/mol. The summed E-state index contributed by atoms with van der Waals surface area (Å²) < 4.78 is 25.5. The Kier molecular flexibility index (Phi) is 4.13. The van der Waals surface area contributed by atoms with E-state index in [2.05, 4.69) is 0 Å². The lowest BCUT2D eigenvalue weighted by Gasteiger charge is -2.31. The Balaban J connectivity index is 2.06. The Bertz CT molecular complexity index is 952. The third kappa shape index (κ3) is 2.91. The van der Waals surface area contributed by atoms with Crippen LogP contribution in [0, 0.1) is 6.92 Å². The van der Waals surface area contributed by atoms with Crippen LogP contribution in [0.5, 0.6) is 0 Å². The van der Waals surface area contributed by atoms with Crippen LogP contribution in [-0.4, -0.2) is 30.6 Å². The standard InChI is InChI=1S/C17H14N2O5S/c1-12-7-9-13(10-8-12)18-15(20)11-16(21)19(17(18)22)25(23,24)14-5-3-2-4-6-14/h2-10H,11H2,1H3. The van der Waals surface area contributed by atoms with Crippen LogP contribution >= 0.6 is 0 Å². The Hall–Kier alpha value is -3.00. The number of carbonyl (C=O) groups is 3. The number of anilines is 1. The molecule has 1 heterocycles. The topological polar surface area (TPSA) is 91.8 Å². The second kappa shape index (κ2) is 6.14. The van der Waals surface area contributed by atoms with E-state index in [4.69, 9.17) is 0 Å². The van der Waals surface area contributed by atoms with Gasteiger partial charge in [-0.2, -0.15) is 4.31 Å². The van der Waals surface area contributed by atoms with Gasteiger partial charge in [0, 0.05) is 0 Å². The van der Waals surface area contributed by atoms with Crippen LogP contribution in [0.1, 0.15) is 12.0 Å². The maximum Gasteiger partial charge on any atom is 0.352 e. The van der Waals surface area contributed by atoms with Crippen molar-refractivity contribution in [3.8, 4) is 0 Å². The van der Waals surface area contributed by atoms with E-state index < -0.39 is 34.3 Å². The van der Waals surface area contributed by atoms with Crippen molar-refractivity contribution >= 4 is 33.6 Å². The number of rotatable bonds is 3. The van der Waals surface area contributed by atoms with Gasteiger partial charge in [-0.3, -0.25) is 9.59 Å². The average Bonchev–Trinajstić information content (AvgIpc) is 2.56. The lowest BCUT2D eigenvalue weighted by molar-refractivity contribution is -0.131. The number of amides is 4. The van der Waals surface area contributed by atoms with Crippen molar-refractivity contribution in [3.05, 3.63) is 60.2 Å². The molecule has 2 aromatic carbocycles. The molecule has 0 aromatic heterocycles. The molecule has 0 bridgehead atoms. The Morgan fingerprint density at radius 2 is 1.44 bits per heavy atom. The first-order valence-corrected chi connectivity index (χ1v) is 8.83. The van der Waals surface area contributed by atoms with Crippen molar-refractivity contribution < 1.29 is 22.8 Å². The van der Waals surface area contributed by atoms with E-state index >= 15 is 0 Å². The second-order valence-electron chi connectivity index (χ2n) is 5.50. The summed E-state index contributed by atoms with van der Waals surface area (Å²) in [6.07, 6.45) is -0.703. The number of urea groups is 1. The van der Waals surface area contributed by atoms with E-state index in [0.717, 1.165) is 5.56 Å².